The van der Waals surface area contributed by atoms with Gasteiger partial charge < -0.3 is 9.84 Å². The Labute approximate surface area is 212 Å². The van der Waals surface area contributed by atoms with Crippen LogP contribution in [0.4, 0.5) is 0 Å². The molecule has 1 aliphatic heterocycles. The molecule has 2 heterocycles. The lowest BCUT2D eigenvalue weighted by atomic mass is 9.92. The van der Waals surface area contributed by atoms with Gasteiger partial charge >= 0.3 is 0 Å². The van der Waals surface area contributed by atoms with Crippen molar-refractivity contribution < 1.29 is 9.32 Å². The molecule has 1 N–H and O–H groups in total. The molecule has 36 heavy (non-hydrogen) atoms. The van der Waals surface area contributed by atoms with Gasteiger partial charge in [0.2, 0.25) is 17.6 Å². The molecule has 4 aromatic rings. The first kappa shape index (κ1) is 23.9. The zero-order valence-corrected chi connectivity index (χ0v) is 20.9. The molecule has 1 fully saturated rings. The minimum absolute atomic E-state index is 0.0858. The molecule has 5 rings (SSSR count). The molecule has 1 aliphatic rings. The Balaban J connectivity index is 1.26. The number of aryl methyl sites for hydroxylation is 2. The number of benzene rings is 3. The number of nitrogens with one attached hydrogen (secondary N) is 1. The summed E-state index contributed by atoms with van der Waals surface area (Å²) in [5.74, 6) is 1.17. The van der Waals surface area contributed by atoms with Gasteiger partial charge in [-0.05, 0) is 49.9 Å². The molecule has 3 aromatic carbocycles. The van der Waals surface area contributed by atoms with Crippen LogP contribution in [0.5, 0.6) is 0 Å². The molecule has 1 amide bonds. The molecule has 1 aromatic heterocycles. The zero-order valence-electron chi connectivity index (χ0n) is 20.9. The fourth-order valence-electron chi connectivity index (χ4n) is 4.90. The van der Waals surface area contributed by atoms with E-state index in [9.17, 15) is 4.79 Å². The number of amides is 1. The largest absolute Gasteiger partial charge is 0.345 e. The average molecular weight is 481 g/mol. The molecule has 0 saturated carbocycles. The van der Waals surface area contributed by atoms with Crippen LogP contribution < -0.4 is 5.32 Å². The number of rotatable bonds is 7. The molecular weight excluding hydrogens is 448 g/mol. The zero-order chi connectivity index (χ0) is 24.9. The molecule has 1 saturated heterocycles. The van der Waals surface area contributed by atoms with Gasteiger partial charge in [-0.1, -0.05) is 89.6 Å². The Hall–Kier alpha value is -3.77. The molecule has 2 atom stereocenters. The van der Waals surface area contributed by atoms with Gasteiger partial charge in [-0.15, -0.1) is 0 Å². The first-order chi connectivity index (χ1) is 17.6. The number of hydrogen-bond donors (Lipinski definition) is 1. The number of carbonyl (C=O) groups is 1. The summed E-state index contributed by atoms with van der Waals surface area (Å²) in [5.41, 5.74) is 5.51. The van der Waals surface area contributed by atoms with Crippen molar-refractivity contribution in [1.29, 1.82) is 0 Å². The molecular formula is C30H32N4O2. The van der Waals surface area contributed by atoms with Crippen LogP contribution in [0.3, 0.4) is 0 Å². The third-order valence-electron chi connectivity index (χ3n) is 6.93. The normalized spacial score (nSPS) is 17.0. The van der Waals surface area contributed by atoms with E-state index < -0.39 is 0 Å². The summed E-state index contributed by atoms with van der Waals surface area (Å²) in [7, 11) is 0. The summed E-state index contributed by atoms with van der Waals surface area (Å²) in [6.45, 7) is 6.27. The summed E-state index contributed by atoms with van der Waals surface area (Å²) in [6, 6.07) is 26.3. The van der Waals surface area contributed by atoms with Crippen LogP contribution in [0.15, 0.2) is 83.4 Å². The van der Waals surface area contributed by atoms with Gasteiger partial charge in [-0.25, -0.2) is 0 Å². The van der Waals surface area contributed by atoms with Crippen molar-refractivity contribution in [3.63, 3.8) is 0 Å². The van der Waals surface area contributed by atoms with Crippen molar-refractivity contribution in [2.45, 2.75) is 39.3 Å². The fraction of sp³-hybridized carbons (Fsp3) is 0.300. The molecule has 2 unspecified atom stereocenters. The maximum atomic E-state index is 13.5. The van der Waals surface area contributed by atoms with Gasteiger partial charge in [-0.2, -0.15) is 4.98 Å². The van der Waals surface area contributed by atoms with Crippen molar-refractivity contribution in [2.24, 2.45) is 5.92 Å². The SMILES string of the molecule is Cc1ccc(-c2noc(CN3CCCC(C(=O)NC(c4ccccc4)c4ccccc4C)C3)n2)cc1. The Morgan fingerprint density at radius 3 is 2.56 bits per heavy atom. The van der Waals surface area contributed by atoms with E-state index in [-0.39, 0.29) is 17.9 Å². The van der Waals surface area contributed by atoms with Crippen LogP contribution in [0.25, 0.3) is 11.4 Å². The first-order valence-corrected chi connectivity index (χ1v) is 12.6. The van der Waals surface area contributed by atoms with E-state index in [1.807, 2.05) is 54.6 Å². The van der Waals surface area contributed by atoms with Crippen LogP contribution in [0, 0.1) is 19.8 Å². The third-order valence-corrected chi connectivity index (χ3v) is 6.93. The number of aromatic nitrogens is 2. The molecule has 6 heteroatoms. The van der Waals surface area contributed by atoms with Gasteiger partial charge in [0.1, 0.15) is 0 Å². The number of likely N-dealkylation sites (tertiary alicyclic amines) is 1. The number of piperidine rings is 1. The first-order valence-electron chi connectivity index (χ1n) is 12.6. The van der Waals surface area contributed by atoms with Crippen molar-refractivity contribution >= 4 is 5.91 Å². The Morgan fingerprint density at radius 1 is 1.03 bits per heavy atom. The van der Waals surface area contributed by atoms with E-state index in [0.29, 0.717) is 24.8 Å². The second-order valence-electron chi connectivity index (χ2n) is 9.66. The van der Waals surface area contributed by atoms with Gasteiger partial charge in [0.05, 0.1) is 18.5 Å². The second-order valence-corrected chi connectivity index (χ2v) is 9.66. The van der Waals surface area contributed by atoms with Crippen molar-refractivity contribution in [2.75, 3.05) is 13.1 Å². The molecule has 0 radical (unpaired) electrons. The standard InChI is InChI=1S/C30H32N4O2/c1-21-14-16-24(17-15-21)29-31-27(36-33-29)20-34-18-8-12-25(19-34)30(35)32-28(23-10-4-3-5-11-23)26-13-7-6-9-22(26)2/h3-7,9-11,13-17,25,28H,8,12,18-20H2,1-2H3,(H,32,35). The van der Waals surface area contributed by atoms with E-state index in [4.69, 9.17) is 4.52 Å². The number of nitrogens with zero attached hydrogens (tertiary/aromatic N) is 3. The van der Waals surface area contributed by atoms with Crippen LogP contribution in [-0.2, 0) is 11.3 Å². The molecule has 0 bridgehead atoms. The highest BCUT2D eigenvalue weighted by molar-refractivity contribution is 5.80. The predicted molar refractivity (Wildman–Crippen MR) is 140 cm³/mol. The van der Waals surface area contributed by atoms with Gasteiger partial charge in [0, 0.05) is 12.1 Å². The lowest BCUT2D eigenvalue weighted by Crippen LogP contribution is -2.44. The van der Waals surface area contributed by atoms with E-state index in [0.717, 1.165) is 41.6 Å². The Kier molecular flexibility index (Phi) is 7.23. The van der Waals surface area contributed by atoms with E-state index in [1.165, 1.54) is 5.56 Å². The number of hydrogen-bond acceptors (Lipinski definition) is 5. The van der Waals surface area contributed by atoms with Gasteiger partial charge in [0.25, 0.3) is 0 Å². The topological polar surface area (TPSA) is 71.3 Å². The summed E-state index contributed by atoms with van der Waals surface area (Å²) in [4.78, 5) is 20.3. The maximum Gasteiger partial charge on any atom is 0.241 e. The third kappa shape index (κ3) is 5.55. The van der Waals surface area contributed by atoms with Crippen molar-refractivity contribution in [3.05, 3.63) is 107 Å². The second kappa shape index (κ2) is 10.9. The van der Waals surface area contributed by atoms with Crippen LogP contribution in [-0.4, -0.2) is 34.0 Å². The summed E-state index contributed by atoms with van der Waals surface area (Å²) < 4.78 is 5.54. The molecule has 0 spiro atoms. The molecule has 184 valence electrons. The summed E-state index contributed by atoms with van der Waals surface area (Å²) in [6.07, 6.45) is 1.83. The smallest absolute Gasteiger partial charge is 0.241 e. The Morgan fingerprint density at radius 2 is 1.78 bits per heavy atom. The van der Waals surface area contributed by atoms with Crippen molar-refractivity contribution in [3.8, 4) is 11.4 Å². The van der Waals surface area contributed by atoms with Crippen molar-refractivity contribution in [1.82, 2.24) is 20.4 Å². The van der Waals surface area contributed by atoms with Gasteiger partial charge in [-0.3, -0.25) is 9.69 Å². The van der Waals surface area contributed by atoms with E-state index >= 15 is 0 Å². The lowest BCUT2D eigenvalue weighted by molar-refractivity contribution is -0.127. The average Bonchev–Trinajstić information content (AvgIpc) is 3.37. The van der Waals surface area contributed by atoms with Gasteiger partial charge in [0.15, 0.2) is 0 Å². The summed E-state index contributed by atoms with van der Waals surface area (Å²) >= 11 is 0. The van der Waals surface area contributed by atoms with E-state index in [1.54, 1.807) is 0 Å². The highest BCUT2D eigenvalue weighted by Crippen LogP contribution is 2.27. The summed E-state index contributed by atoms with van der Waals surface area (Å²) in [5, 5.41) is 7.52. The van der Waals surface area contributed by atoms with Crippen LogP contribution in [0.1, 0.15) is 47.0 Å². The Bertz CT molecular complexity index is 1300. The molecule has 0 aliphatic carbocycles. The van der Waals surface area contributed by atoms with Crippen LogP contribution >= 0.6 is 0 Å². The minimum Gasteiger partial charge on any atom is -0.345 e. The highest BCUT2D eigenvalue weighted by Gasteiger charge is 2.29. The fourth-order valence-corrected chi connectivity index (χ4v) is 4.90. The quantitative estimate of drug-likeness (QED) is 0.380. The molecule has 6 nitrogen and oxygen atoms in total. The predicted octanol–water partition coefficient (Wildman–Crippen LogP) is 5.47. The maximum absolute atomic E-state index is 13.5. The lowest BCUT2D eigenvalue weighted by Gasteiger charge is -2.32. The number of carbonyl (C=O) groups excluding carboxylic acids is 1. The monoisotopic (exact) mass is 480 g/mol. The minimum atomic E-state index is -0.178. The van der Waals surface area contributed by atoms with Crippen LogP contribution in [0.2, 0.25) is 0 Å². The highest BCUT2D eigenvalue weighted by atomic mass is 16.5. The van der Waals surface area contributed by atoms with E-state index in [2.05, 4.69) is 58.5 Å².